The fraction of sp³-hybridized carbons (Fsp3) is 0.615. The zero-order valence-electron chi connectivity index (χ0n) is 12.0. The number of rotatable bonds is 4. The van der Waals surface area contributed by atoms with Crippen molar-refractivity contribution in [3.8, 4) is 0 Å². The van der Waals surface area contributed by atoms with Crippen LogP contribution in [0.25, 0.3) is 0 Å². The molecule has 0 aliphatic carbocycles. The Morgan fingerprint density at radius 2 is 2.00 bits per heavy atom. The minimum absolute atomic E-state index is 0.142. The highest BCUT2D eigenvalue weighted by atomic mass is 32.2. The Labute approximate surface area is 125 Å². The lowest BCUT2D eigenvalue weighted by Gasteiger charge is -2.33. The molecule has 1 aliphatic heterocycles. The minimum Gasteiger partial charge on any atom is -0.316 e. The first kappa shape index (κ1) is 15.8. The Kier molecular flexibility index (Phi) is 5.06. The molecule has 1 saturated heterocycles. The third kappa shape index (κ3) is 3.52. The Morgan fingerprint density at radius 1 is 1.35 bits per heavy atom. The topological polar surface area (TPSA) is 62.3 Å². The third-order valence-electron chi connectivity index (χ3n) is 3.17. The lowest BCUT2D eigenvalue weighted by atomic mass is 10.3. The van der Waals surface area contributed by atoms with E-state index in [1.807, 2.05) is 24.9 Å². The van der Waals surface area contributed by atoms with Gasteiger partial charge in [-0.2, -0.15) is 16.1 Å². The first-order valence-corrected chi connectivity index (χ1v) is 9.07. The monoisotopic (exact) mass is 315 g/mol. The maximum absolute atomic E-state index is 12.6. The van der Waals surface area contributed by atoms with Crippen molar-refractivity contribution >= 4 is 21.8 Å². The Bertz CT molecular complexity index is 535. The lowest BCUT2D eigenvalue weighted by molar-refractivity contribution is 0.403. The van der Waals surface area contributed by atoms with Gasteiger partial charge in [0, 0.05) is 36.3 Å². The van der Waals surface area contributed by atoms with E-state index in [-0.39, 0.29) is 5.03 Å². The molecule has 2 unspecified atom stereocenters. The van der Waals surface area contributed by atoms with Crippen molar-refractivity contribution in [2.45, 2.75) is 35.9 Å². The molecule has 1 N–H and O–H groups in total. The van der Waals surface area contributed by atoms with Crippen LogP contribution in [0.1, 0.15) is 19.4 Å². The summed E-state index contributed by atoms with van der Waals surface area (Å²) < 4.78 is 26.7. The van der Waals surface area contributed by atoms with E-state index in [2.05, 4.69) is 24.1 Å². The second kappa shape index (κ2) is 6.43. The van der Waals surface area contributed by atoms with Crippen molar-refractivity contribution < 1.29 is 8.42 Å². The highest BCUT2D eigenvalue weighted by Gasteiger charge is 2.32. The fourth-order valence-electron chi connectivity index (χ4n) is 2.33. The van der Waals surface area contributed by atoms with E-state index in [1.165, 1.54) is 0 Å². The molecule has 0 spiro atoms. The van der Waals surface area contributed by atoms with Gasteiger partial charge in [-0.15, -0.1) is 0 Å². The normalized spacial score (nSPS) is 24.8. The van der Waals surface area contributed by atoms with Crippen LogP contribution in [0.4, 0.5) is 0 Å². The predicted octanol–water partition coefficient (Wildman–Crippen LogP) is 1.32. The van der Waals surface area contributed by atoms with Crippen LogP contribution in [-0.4, -0.2) is 48.3 Å². The van der Waals surface area contributed by atoms with Crippen LogP contribution in [0.2, 0.25) is 0 Å². The summed E-state index contributed by atoms with van der Waals surface area (Å²) in [6.07, 6.45) is 1.62. The van der Waals surface area contributed by atoms with Crippen molar-refractivity contribution in [3.05, 3.63) is 23.9 Å². The zero-order valence-corrected chi connectivity index (χ0v) is 13.7. The minimum atomic E-state index is -3.47. The van der Waals surface area contributed by atoms with Crippen molar-refractivity contribution in [2.75, 3.05) is 20.1 Å². The van der Waals surface area contributed by atoms with Gasteiger partial charge in [0.05, 0.1) is 0 Å². The van der Waals surface area contributed by atoms with E-state index in [9.17, 15) is 8.42 Å². The summed E-state index contributed by atoms with van der Waals surface area (Å²) in [5.41, 5.74) is 0.974. The van der Waals surface area contributed by atoms with E-state index in [1.54, 1.807) is 16.6 Å². The van der Waals surface area contributed by atoms with Crippen LogP contribution in [0.15, 0.2) is 23.4 Å². The van der Waals surface area contributed by atoms with Crippen LogP contribution < -0.4 is 5.32 Å². The number of sulfonamides is 1. The van der Waals surface area contributed by atoms with Crippen LogP contribution in [0.3, 0.4) is 0 Å². The fourth-order valence-corrected chi connectivity index (χ4v) is 5.38. The van der Waals surface area contributed by atoms with E-state index in [0.717, 1.165) is 5.56 Å². The number of nitrogens with one attached hydrogen (secondary N) is 1. The molecule has 112 valence electrons. The summed E-state index contributed by atoms with van der Waals surface area (Å²) in [7, 11) is -1.63. The molecule has 5 nitrogen and oxygen atoms in total. The summed E-state index contributed by atoms with van der Waals surface area (Å²) in [6.45, 7) is 5.91. The van der Waals surface area contributed by atoms with Gasteiger partial charge in [-0.25, -0.2) is 13.4 Å². The van der Waals surface area contributed by atoms with Gasteiger partial charge in [0.15, 0.2) is 5.03 Å². The maximum atomic E-state index is 12.6. The van der Waals surface area contributed by atoms with Crippen molar-refractivity contribution in [1.29, 1.82) is 0 Å². The maximum Gasteiger partial charge on any atom is 0.260 e. The summed E-state index contributed by atoms with van der Waals surface area (Å²) in [5, 5.41) is 3.79. The molecular weight excluding hydrogens is 294 g/mol. The van der Waals surface area contributed by atoms with Gasteiger partial charge in [-0.1, -0.05) is 19.9 Å². The van der Waals surface area contributed by atoms with Crippen molar-refractivity contribution in [1.82, 2.24) is 14.6 Å². The molecule has 0 aromatic carbocycles. The molecule has 0 amide bonds. The summed E-state index contributed by atoms with van der Waals surface area (Å²) in [6, 6.07) is 3.40. The second-order valence-electron chi connectivity index (χ2n) is 5.11. The van der Waals surface area contributed by atoms with Gasteiger partial charge in [-0.05, 0) is 18.7 Å². The average molecular weight is 315 g/mol. The van der Waals surface area contributed by atoms with Crippen LogP contribution in [-0.2, 0) is 16.6 Å². The van der Waals surface area contributed by atoms with Gasteiger partial charge in [0.25, 0.3) is 10.0 Å². The van der Waals surface area contributed by atoms with Gasteiger partial charge in [0.1, 0.15) is 0 Å². The van der Waals surface area contributed by atoms with Crippen LogP contribution >= 0.6 is 11.8 Å². The summed E-state index contributed by atoms with van der Waals surface area (Å²) >= 11 is 1.83. The van der Waals surface area contributed by atoms with E-state index >= 15 is 0 Å². The third-order valence-corrected chi connectivity index (χ3v) is 6.14. The number of thioether (sulfide) groups is 1. The quantitative estimate of drug-likeness (QED) is 0.908. The molecule has 1 aromatic rings. The van der Waals surface area contributed by atoms with Crippen molar-refractivity contribution in [3.63, 3.8) is 0 Å². The molecule has 2 atom stereocenters. The Hall–Kier alpha value is -0.630. The van der Waals surface area contributed by atoms with Crippen LogP contribution in [0, 0.1) is 0 Å². The number of aromatic nitrogens is 1. The molecule has 7 heteroatoms. The smallest absolute Gasteiger partial charge is 0.260 e. The first-order valence-electron chi connectivity index (χ1n) is 6.68. The highest BCUT2D eigenvalue weighted by Crippen LogP contribution is 2.28. The van der Waals surface area contributed by atoms with E-state index < -0.39 is 10.0 Å². The molecule has 1 aromatic heterocycles. The summed E-state index contributed by atoms with van der Waals surface area (Å²) in [5.74, 6) is 0. The number of pyridine rings is 1. The van der Waals surface area contributed by atoms with E-state index in [4.69, 9.17) is 0 Å². The molecular formula is C13H21N3O2S2. The second-order valence-corrected chi connectivity index (χ2v) is 8.88. The molecule has 2 rings (SSSR count). The van der Waals surface area contributed by atoms with Gasteiger partial charge >= 0.3 is 0 Å². The van der Waals surface area contributed by atoms with E-state index in [0.29, 0.717) is 30.1 Å². The average Bonchev–Trinajstić information content (AvgIpc) is 2.38. The number of hydrogen-bond acceptors (Lipinski definition) is 5. The Balaban J connectivity index is 2.21. The first-order chi connectivity index (χ1) is 9.43. The molecule has 1 aliphatic rings. The number of hydrogen-bond donors (Lipinski definition) is 1. The highest BCUT2D eigenvalue weighted by molar-refractivity contribution is 8.00. The Morgan fingerprint density at radius 3 is 2.50 bits per heavy atom. The predicted molar refractivity (Wildman–Crippen MR) is 82.3 cm³/mol. The summed E-state index contributed by atoms with van der Waals surface area (Å²) in [4.78, 5) is 4.12. The SMILES string of the molecule is CNCc1ccc(S(=O)(=O)N2CC(C)SC(C)C2)nc1. The molecule has 2 heterocycles. The molecule has 0 bridgehead atoms. The van der Waals surface area contributed by atoms with Gasteiger partial charge in [0.2, 0.25) is 0 Å². The molecule has 0 saturated carbocycles. The molecule has 0 radical (unpaired) electrons. The largest absolute Gasteiger partial charge is 0.316 e. The van der Waals surface area contributed by atoms with Gasteiger partial charge < -0.3 is 5.32 Å². The van der Waals surface area contributed by atoms with Gasteiger partial charge in [-0.3, -0.25) is 0 Å². The molecule has 1 fully saturated rings. The number of nitrogens with zero attached hydrogens (tertiary/aromatic N) is 2. The standard InChI is InChI=1S/C13H21N3O2S2/c1-10-8-16(9-11(2)19-10)20(17,18)13-5-4-12(6-14-3)7-15-13/h4-5,7,10-11,14H,6,8-9H2,1-3H3. The molecule has 20 heavy (non-hydrogen) atoms. The van der Waals surface area contributed by atoms with Crippen LogP contribution in [0.5, 0.6) is 0 Å². The lowest BCUT2D eigenvalue weighted by Crippen LogP contribution is -2.44. The zero-order chi connectivity index (χ0) is 14.8. The van der Waals surface area contributed by atoms with Crippen molar-refractivity contribution in [2.24, 2.45) is 0 Å².